The standard InChI is InChI=1S/C38H46F6N4O4S/c1-36(2)19-28-31(29(49)20-36)30(23-9-13-37(40,41)14-10-23)32(33(39)24-5-7-26(8-6-24)38(42,43)44)34(47-28)25-11-15-48(16-12-25)35-45-21-27(22-46-35)52-17-4-18-53(3,50)51/h5-8,21-23,25,29,33,49H,4,9-20H2,1-3H3/t29?,33-/m0/s1. The van der Waals surface area contributed by atoms with Gasteiger partial charge in [0.15, 0.2) is 11.9 Å². The van der Waals surface area contributed by atoms with Gasteiger partial charge in [-0.1, -0.05) is 26.0 Å². The molecule has 0 spiro atoms. The molecule has 290 valence electrons. The number of sulfone groups is 1. The lowest BCUT2D eigenvalue weighted by atomic mass is 9.68. The molecular weight excluding hydrogens is 722 g/mol. The molecule has 0 bridgehead atoms. The lowest BCUT2D eigenvalue weighted by molar-refractivity contribution is -0.137. The Morgan fingerprint density at radius 2 is 1.60 bits per heavy atom. The van der Waals surface area contributed by atoms with Gasteiger partial charge >= 0.3 is 6.18 Å². The van der Waals surface area contributed by atoms with Crippen LogP contribution in [0.15, 0.2) is 36.7 Å². The molecule has 2 aromatic heterocycles. The summed E-state index contributed by atoms with van der Waals surface area (Å²) in [4.78, 5) is 15.9. The van der Waals surface area contributed by atoms with Crippen LogP contribution < -0.4 is 9.64 Å². The van der Waals surface area contributed by atoms with E-state index in [9.17, 15) is 35.5 Å². The highest BCUT2D eigenvalue weighted by Crippen LogP contribution is 2.52. The van der Waals surface area contributed by atoms with Gasteiger partial charge in [0.25, 0.3) is 0 Å². The molecule has 1 aromatic carbocycles. The summed E-state index contributed by atoms with van der Waals surface area (Å²) in [5.41, 5.74) is 1.01. The van der Waals surface area contributed by atoms with Gasteiger partial charge in [-0.3, -0.25) is 4.98 Å². The SMILES string of the molecule is CC1(C)Cc2nc(C3CCN(c4ncc(OCCCS(C)(=O)=O)cn4)CC3)c([C@@H](F)c3ccc(C(F)(F)F)cc3)c(C3CCC(F)(F)CC3)c2C(O)C1. The Morgan fingerprint density at radius 1 is 0.981 bits per heavy atom. The minimum atomic E-state index is -4.61. The van der Waals surface area contributed by atoms with Crippen LogP contribution in [0.25, 0.3) is 0 Å². The number of fused-ring (bicyclic) bond motifs is 1. The van der Waals surface area contributed by atoms with Gasteiger partial charge in [-0.15, -0.1) is 0 Å². The molecular formula is C38H46F6N4O4S. The quantitative estimate of drug-likeness (QED) is 0.162. The van der Waals surface area contributed by atoms with E-state index in [4.69, 9.17) is 9.72 Å². The lowest BCUT2D eigenvalue weighted by Crippen LogP contribution is -2.36. The Balaban J connectivity index is 1.34. The molecule has 1 unspecified atom stereocenters. The van der Waals surface area contributed by atoms with E-state index in [0.717, 1.165) is 30.5 Å². The topological polar surface area (TPSA) is 106 Å². The Morgan fingerprint density at radius 3 is 2.19 bits per heavy atom. The number of ether oxygens (including phenoxy) is 1. The monoisotopic (exact) mass is 768 g/mol. The fraction of sp³-hybridized carbons (Fsp3) is 0.605. The summed E-state index contributed by atoms with van der Waals surface area (Å²) < 4.78 is 115. The smallest absolute Gasteiger partial charge is 0.416 e. The van der Waals surface area contributed by atoms with Crippen LogP contribution in [0.5, 0.6) is 5.75 Å². The molecule has 15 heteroatoms. The van der Waals surface area contributed by atoms with E-state index < -0.39 is 45.7 Å². The average Bonchev–Trinajstić information content (AvgIpc) is 3.08. The van der Waals surface area contributed by atoms with Crippen LogP contribution in [0.3, 0.4) is 0 Å². The summed E-state index contributed by atoms with van der Waals surface area (Å²) >= 11 is 0. The van der Waals surface area contributed by atoms with E-state index in [2.05, 4.69) is 9.97 Å². The number of benzene rings is 1. The first-order valence-electron chi connectivity index (χ1n) is 18.1. The lowest BCUT2D eigenvalue weighted by Gasteiger charge is -2.41. The van der Waals surface area contributed by atoms with E-state index in [1.807, 2.05) is 18.7 Å². The van der Waals surface area contributed by atoms with Gasteiger partial charge in [-0.05, 0) is 79.5 Å². The molecule has 1 saturated carbocycles. The van der Waals surface area contributed by atoms with E-state index in [1.165, 1.54) is 12.4 Å². The van der Waals surface area contributed by atoms with E-state index >= 15 is 4.39 Å². The molecule has 1 aliphatic heterocycles. The number of anilines is 1. The Kier molecular flexibility index (Phi) is 11.1. The number of alkyl halides is 6. The third-order valence-corrected chi connectivity index (χ3v) is 11.8. The Labute approximate surface area is 306 Å². The van der Waals surface area contributed by atoms with Crippen molar-refractivity contribution < 1.29 is 44.6 Å². The van der Waals surface area contributed by atoms with Gasteiger partial charge in [0, 0.05) is 54.9 Å². The van der Waals surface area contributed by atoms with Gasteiger partial charge in [0.1, 0.15) is 9.84 Å². The summed E-state index contributed by atoms with van der Waals surface area (Å²) in [6, 6.07) is 3.92. The highest BCUT2D eigenvalue weighted by atomic mass is 32.2. The number of rotatable bonds is 10. The van der Waals surface area contributed by atoms with Crippen molar-refractivity contribution >= 4 is 15.8 Å². The van der Waals surface area contributed by atoms with Gasteiger partial charge in [-0.25, -0.2) is 31.6 Å². The number of aromatic nitrogens is 3. The van der Waals surface area contributed by atoms with Crippen molar-refractivity contribution in [3.63, 3.8) is 0 Å². The third kappa shape index (κ3) is 9.26. The van der Waals surface area contributed by atoms with Crippen molar-refractivity contribution in [2.45, 2.75) is 108 Å². The Bertz CT molecular complexity index is 1860. The van der Waals surface area contributed by atoms with Crippen LogP contribution in [0.4, 0.5) is 32.3 Å². The second-order valence-electron chi connectivity index (χ2n) is 15.7. The maximum atomic E-state index is 17.3. The number of aliphatic hydroxyl groups is 1. The number of aliphatic hydroxyl groups excluding tert-OH is 1. The third-order valence-electron chi connectivity index (χ3n) is 10.8. The van der Waals surface area contributed by atoms with Crippen molar-refractivity contribution in [2.24, 2.45) is 5.41 Å². The molecule has 1 saturated heterocycles. The first-order chi connectivity index (χ1) is 24.8. The van der Waals surface area contributed by atoms with Crippen LogP contribution in [0, 0.1) is 5.41 Å². The first-order valence-corrected chi connectivity index (χ1v) is 20.2. The molecule has 2 atom stereocenters. The van der Waals surface area contributed by atoms with Gasteiger partial charge in [0.05, 0.1) is 42.1 Å². The molecule has 0 radical (unpaired) electrons. The van der Waals surface area contributed by atoms with Crippen LogP contribution in [0.2, 0.25) is 0 Å². The molecule has 2 fully saturated rings. The summed E-state index contributed by atoms with van der Waals surface area (Å²) in [7, 11) is -3.10. The number of piperidine rings is 1. The predicted octanol–water partition coefficient (Wildman–Crippen LogP) is 8.45. The van der Waals surface area contributed by atoms with Crippen LogP contribution >= 0.6 is 0 Å². The van der Waals surface area contributed by atoms with Crippen molar-refractivity contribution in [3.8, 4) is 5.75 Å². The minimum Gasteiger partial charge on any atom is -0.490 e. The maximum Gasteiger partial charge on any atom is 0.416 e. The molecule has 3 heterocycles. The molecule has 6 rings (SSSR count). The summed E-state index contributed by atoms with van der Waals surface area (Å²) in [6.45, 7) is 5.18. The zero-order valence-corrected chi connectivity index (χ0v) is 30.9. The largest absolute Gasteiger partial charge is 0.490 e. The summed E-state index contributed by atoms with van der Waals surface area (Å²) in [5, 5.41) is 11.6. The van der Waals surface area contributed by atoms with Gasteiger partial charge in [-0.2, -0.15) is 13.2 Å². The van der Waals surface area contributed by atoms with Crippen molar-refractivity contribution in [2.75, 3.05) is 36.6 Å². The van der Waals surface area contributed by atoms with E-state index in [1.54, 1.807) is 0 Å². The first kappa shape index (κ1) is 39.2. The molecule has 3 aromatic rings. The van der Waals surface area contributed by atoms with Crippen LogP contribution in [-0.4, -0.2) is 66.1 Å². The summed E-state index contributed by atoms with van der Waals surface area (Å²) in [5.74, 6) is -2.76. The van der Waals surface area contributed by atoms with Gasteiger partial charge < -0.3 is 14.7 Å². The zero-order chi connectivity index (χ0) is 38.3. The second-order valence-corrected chi connectivity index (χ2v) is 17.9. The number of hydrogen-bond acceptors (Lipinski definition) is 8. The number of halogens is 6. The van der Waals surface area contributed by atoms with Crippen LogP contribution in [0.1, 0.15) is 129 Å². The molecule has 53 heavy (non-hydrogen) atoms. The van der Waals surface area contributed by atoms with Crippen LogP contribution in [-0.2, 0) is 22.4 Å². The molecule has 8 nitrogen and oxygen atoms in total. The number of nitrogens with zero attached hydrogens (tertiary/aromatic N) is 4. The minimum absolute atomic E-state index is 0.00141. The second kappa shape index (κ2) is 15.0. The fourth-order valence-corrected chi connectivity index (χ4v) is 8.77. The van der Waals surface area contributed by atoms with Gasteiger partial charge in [0.2, 0.25) is 11.9 Å². The highest BCUT2D eigenvalue weighted by Gasteiger charge is 2.44. The van der Waals surface area contributed by atoms with Crippen molar-refractivity contribution in [1.29, 1.82) is 0 Å². The summed E-state index contributed by atoms with van der Waals surface area (Å²) in [6.07, 6.45) is -1.70. The number of hydrogen-bond donors (Lipinski definition) is 1. The van der Waals surface area contributed by atoms with Crippen molar-refractivity contribution in [3.05, 3.63) is 75.9 Å². The van der Waals surface area contributed by atoms with E-state index in [0.29, 0.717) is 79.4 Å². The highest BCUT2D eigenvalue weighted by molar-refractivity contribution is 7.90. The predicted molar refractivity (Wildman–Crippen MR) is 188 cm³/mol. The van der Waals surface area contributed by atoms with Crippen molar-refractivity contribution in [1.82, 2.24) is 15.0 Å². The molecule has 1 N–H and O–H groups in total. The zero-order valence-electron chi connectivity index (χ0n) is 30.1. The maximum absolute atomic E-state index is 17.3. The Hall–Kier alpha value is -3.46. The average molecular weight is 769 g/mol. The normalized spacial score (nSPS) is 21.6. The number of pyridine rings is 1. The molecule has 2 aliphatic carbocycles. The molecule has 0 amide bonds. The fourth-order valence-electron chi connectivity index (χ4n) is 8.13. The van der Waals surface area contributed by atoms with E-state index in [-0.39, 0.29) is 60.5 Å². The molecule has 3 aliphatic rings.